The van der Waals surface area contributed by atoms with Crippen molar-refractivity contribution in [2.24, 2.45) is 5.10 Å². The van der Waals surface area contributed by atoms with Crippen molar-refractivity contribution in [3.05, 3.63) is 129 Å². The van der Waals surface area contributed by atoms with E-state index in [1.165, 1.54) is 6.21 Å². The molecule has 0 atom stereocenters. The summed E-state index contributed by atoms with van der Waals surface area (Å²) in [7, 11) is 0. The second kappa shape index (κ2) is 12.5. The van der Waals surface area contributed by atoms with Crippen LogP contribution < -0.4 is 14.9 Å². The fourth-order valence-corrected chi connectivity index (χ4v) is 4.13. The van der Waals surface area contributed by atoms with Gasteiger partial charge >= 0.3 is 0 Å². The lowest BCUT2D eigenvalue weighted by Gasteiger charge is -2.27. The Balaban J connectivity index is 1.49. The van der Waals surface area contributed by atoms with Crippen molar-refractivity contribution in [1.82, 2.24) is 5.43 Å². The first-order valence-corrected chi connectivity index (χ1v) is 12.9. The number of carbonyl (C=O) groups excluding carboxylic acids is 1. The van der Waals surface area contributed by atoms with Gasteiger partial charge in [0.1, 0.15) is 6.61 Å². The lowest BCUT2D eigenvalue weighted by molar-refractivity contribution is -0.136. The van der Waals surface area contributed by atoms with Gasteiger partial charge in [-0.3, -0.25) is 4.79 Å². The predicted molar refractivity (Wildman–Crippen MR) is 153 cm³/mol. The molecule has 0 radical (unpaired) electrons. The second-order valence-corrected chi connectivity index (χ2v) is 9.44. The number of nitrogens with zero attached hydrogens (tertiary/aromatic N) is 1. The zero-order valence-electron chi connectivity index (χ0n) is 20.3. The van der Waals surface area contributed by atoms with Gasteiger partial charge in [0.05, 0.1) is 12.8 Å². The minimum absolute atomic E-state index is 0.415. The highest BCUT2D eigenvalue weighted by atomic mass is 127. The molecular formula is C30H27IN2O4. The molecule has 6 nitrogen and oxygen atoms in total. The summed E-state index contributed by atoms with van der Waals surface area (Å²) in [6.07, 6.45) is 1.50. The number of rotatable bonds is 10. The zero-order valence-corrected chi connectivity index (χ0v) is 22.5. The summed E-state index contributed by atoms with van der Waals surface area (Å²) in [5.41, 5.74) is 3.25. The maximum Gasteiger partial charge on any atom is 0.281 e. The summed E-state index contributed by atoms with van der Waals surface area (Å²) in [6.45, 7) is 2.79. The Labute approximate surface area is 230 Å². The molecule has 0 aliphatic rings. The molecule has 2 N–H and O–H groups in total. The first kappa shape index (κ1) is 26.4. The van der Waals surface area contributed by atoms with Gasteiger partial charge in [0.15, 0.2) is 17.1 Å². The molecule has 4 aromatic rings. The number of carbonyl (C=O) groups is 1. The van der Waals surface area contributed by atoms with Gasteiger partial charge in [0.25, 0.3) is 5.91 Å². The molecule has 0 aliphatic carbocycles. The monoisotopic (exact) mass is 606 g/mol. The first-order valence-electron chi connectivity index (χ1n) is 11.8. The van der Waals surface area contributed by atoms with E-state index in [9.17, 15) is 9.90 Å². The SMILES string of the molecule is CCOc1cc(/C=N\NC(=O)C(O)(c2ccccc2)c2ccccc2)ccc1OCc1ccc(I)cc1. The molecule has 0 saturated carbocycles. The fourth-order valence-electron chi connectivity index (χ4n) is 3.77. The van der Waals surface area contributed by atoms with E-state index in [1.54, 1.807) is 54.6 Å². The van der Waals surface area contributed by atoms with E-state index < -0.39 is 11.5 Å². The van der Waals surface area contributed by atoms with Gasteiger partial charge < -0.3 is 14.6 Å². The summed E-state index contributed by atoms with van der Waals surface area (Å²) >= 11 is 2.27. The van der Waals surface area contributed by atoms with Gasteiger partial charge in [-0.15, -0.1) is 0 Å². The molecule has 0 spiro atoms. The van der Waals surface area contributed by atoms with Crippen molar-refractivity contribution in [2.45, 2.75) is 19.1 Å². The number of ether oxygens (including phenoxy) is 2. The Morgan fingerprint density at radius 2 is 1.51 bits per heavy atom. The molecule has 188 valence electrons. The Kier molecular flexibility index (Phi) is 8.92. The van der Waals surface area contributed by atoms with Crippen LogP contribution in [0, 0.1) is 3.57 Å². The third-order valence-electron chi connectivity index (χ3n) is 5.67. The van der Waals surface area contributed by atoms with E-state index in [1.807, 2.05) is 55.5 Å². The van der Waals surface area contributed by atoms with E-state index in [2.05, 4.69) is 33.1 Å². The summed E-state index contributed by atoms with van der Waals surface area (Å²) in [5.74, 6) is 0.529. The van der Waals surface area contributed by atoms with Crippen LogP contribution in [-0.2, 0) is 17.0 Å². The molecule has 0 unspecified atom stereocenters. The number of halogens is 1. The highest BCUT2D eigenvalue weighted by Crippen LogP contribution is 2.31. The fraction of sp³-hybridized carbons (Fsp3) is 0.133. The van der Waals surface area contributed by atoms with Crippen LogP contribution >= 0.6 is 22.6 Å². The third kappa shape index (κ3) is 6.55. The first-order chi connectivity index (χ1) is 18.0. The summed E-state index contributed by atoms with van der Waals surface area (Å²) in [6, 6.07) is 31.1. The number of benzene rings is 4. The summed E-state index contributed by atoms with van der Waals surface area (Å²) in [5, 5.41) is 15.6. The number of hydrogen-bond donors (Lipinski definition) is 2. The van der Waals surface area contributed by atoms with E-state index in [-0.39, 0.29) is 0 Å². The Morgan fingerprint density at radius 3 is 2.11 bits per heavy atom. The number of amides is 1. The number of aliphatic hydroxyl groups is 1. The Bertz CT molecular complexity index is 1300. The minimum Gasteiger partial charge on any atom is -0.490 e. The number of hydrogen-bond acceptors (Lipinski definition) is 5. The van der Waals surface area contributed by atoms with Gasteiger partial charge in [-0.1, -0.05) is 72.8 Å². The smallest absolute Gasteiger partial charge is 0.281 e. The number of hydrazone groups is 1. The molecule has 0 aromatic heterocycles. The largest absolute Gasteiger partial charge is 0.490 e. The molecule has 1 amide bonds. The lowest BCUT2D eigenvalue weighted by atomic mass is 9.85. The Hall–Kier alpha value is -3.69. The van der Waals surface area contributed by atoms with E-state index in [4.69, 9.17) is 9.47 Å². The quantitative estimate of drug-likeness (QED) is 0.139. The van der Waals surface area contributed by atoms with E-state index in [0.717, 1.165) is 9.13 Å². The van der Waals surface area contributed by atoms with Crippen molar-refractivity contribution in [3.8, 4) is 11.5 Å². The normalized spacial score (nSPS) is 11.3. The molecule has 0 bridgehead atoms. The Morgan fingerprint density at radius 1 is 0.892 bits per heavy atom. The van der Waals surface area contributed by atoms with Crippen LogP contribution in [0.25, 0.3) is 0 Å². The van der Waals surface area contributed by atoms with Crippen LogP contribution in [0.15, 0.2) is 108 Å². The molecule has 0 heterocycles. The van der Waals surface area contributed by atoms with E-state index in [0.29, 0.717) is 41.4 Å². The standard InChI is InChI=1S/C30H27IN2O4/c1-2-36-28-19-23(15-18-27(28)37-21-22-13-16-26(31)17-14-22)20-32-33-29(34)30(35,24-9-5-3-6-10-24)25-11-7-4-8-12-25/h3-20,35H,2,21H2,1H3,(H,33,34)/b32-20-. The molecule has 0 saturated heterocycles. The topological polar surface area (TPSA) is 80.2 Å². The third-order valence-corrected chi connectivity index (χ3v) is 6.39. The van der Waals surface area contributed by atoms with E-state index >= 15 is 0 Å². The van der Waals surface area contributed by atoms with Gasteiger partial charge in [-0.05, 0) is 82.1 Å². The molecule has 0 aliphatic heterocycles. The average Bonchev–Trinajstić information content (AvgIpc) is 2.94. The number of nitrogens with one attached hydrogen (secondary N) is 1. The molecule has 4 aromatic carbocycles. The van der Waals surface area contributed by atoms with Gasteiger partial charge in [0.2, 0.25) is 0 Å². The van der Waals surface area contributed by atoms with Gasteiger partial charge in [0, 0.05) is 3.57 Å². The highest BCUT2D eigenvalue weighted by Gasteiger charge is 2.39. The lowest BCUT2D eigenvalue weighted by Crippen LogP contribution is -2.43. The molecule has 37 heavy (non-hydrogen) atoms. The zero-order chi connectivity index (χ0) is 26.1. The minimum atomic E-state index is -1.90. The van der Waals surface area contributed by atoms with Gasteiger partial charge in [-0.2, -0.15) is 5.10 Å². The molecule has 7 heteroatoms. The van der Waals surface area contributed by atoms with Crippen molar-refractivity contribution in [3.63, 3.8) is 0 Å². The van der Waals surface area contributed by atoms with Crippen molar-refractivity contribution in [2.75, 3.05) is 6.61 Å². The summed E-state index contributed by atoms with van der Waals surface area (Å²) in [4.78, 5) is 13.2. The van der Waals surface area contributed by atoms with Crippen LogP contribution in [-0.4, -0.2) is 23.8 Å². The van der Waals surface area contributed by atoms with Crippen LogP contribution in [0.2, 0.25) is 0 Å². The molecular weight excluding hydrogens is 579 g/mol. The van der Waals surface area contributed by atoms with Crippen LogP contribution in [0.5, 0.6) is 11.5 Å². The van der Waals surface area contributed by atoms with Crippen molar-refractivity contribution >= 4 is 34.7 Å². The van der Waals surface area contributed by atoms with Gasteiger partial charge in [-0.25, -0.2) is 5.43 Å². The maximum absolute atomic E-state index is 13.2. The highest BCUT2D eigenvalue weighted by molar-refractivity contribution is 14.1. The van der Waals surface area contributed by atoms with Crippen molar-refractivity contribution < 1.29 is 19.4 Å². The van der Waals surface area contributed by atoms with Crippen LogP contribution in [0.1, 0.15) is 29.2 Å². The molecule has 0 fully saturated rings. The maximum atomic E-state index is 13.2. The second-order valence-electron chi connectivity index (χ2n) is 8.20. The molecule has 4 rings (SSSR count). The average molecular weight is 606 g/mol. The van der Waals surface area contributed by atoms with Crippen molar-refractivity contribution in [1.29, 1.82) is 0 Å². The van der Waals surface area contributed by atoms with Crippen LogP contribution in [0.4, 0.5) is 0 Å². The predicted octanol–water partition coefficient (Wildman–Crippen LogP) is 5.66. The van der Waals surface area contributed by atoms with Crippen LogP contribution in [0.3, 0.4) is 0 Å². The summed E-state index contributed by atoms with van der Waals surface area (Å²) < 4.78 is 12.9.